The number of hydrogen-bond donors (Lipinski definition) is 1. The van der Waals surface area contributed by atoms with Crippen molar-refractivity contribution in [3.05, 3.63) is 93.5 Å². The summed E-state index contributed by atoms with van der Waals surface area (Å²) >= 11 is 12.0. The number of aryl methyl sites for hydroxylation is 1. The van der Waals surface area contributed by atoms with Crippen LogP contribution in [0.4, 0.5) is 5.69 Å². The first-order chi connectivity index (χ1) is 15.2. The van der Waals surface area contributed by atoms with Gasteiger partial charge >= 0.3 is 10.1 Å². The van der Waals surface area contributed by atoms with E-state index in [-0.39, 0.29) is 32.0 Å². The summed E-state index contributed by atoms with van der Waals surface area (Å²) in [5.41, 5.74) is 1.52. The number of rotatable bonds is 6. The highest BCUT2D eigenvalue weighted by atomic mass is 35.5. The van der Waals surface area contributed by atoms with Crippen molar-refractivity contribution in [3.63, 3.8) is 0 Å². The predicted molar refractivity (Wildman–Crippen MR) is 124 cm³/mol. The SMILES string of the molecule is Cc1ccc(S(=O)(=O)Oc2ccc(/C=C(\C#N)C(=O)Nc3cccc(Cl)c3Cl)cc2)cc1. The molecule has 0 aliphatic heterocycles. The van der Waals surface area contributed by atoms with Crippen LogP contribution in [-0.2, 0) is 14.9 Å². The molecule has 0 spiro atoms. The number of benzene rings is 3. The molecule has 0 fully saturated rings. The number of anilines is 1. The Morgan fingerprint density at radius 3 is 2.31 bits per heavy atom. The number of amides is 1. The van der Waals surface area contributed by atoms with Crippen LogP contribution in [0.2, 0.25) is 10.0 Å². The molecule has 0 bridgehead atoms. The van der Waals surface area contributed by atoms with Gasteiger partial charge in [-0.1, -0.05) is 59.1 Å². The Hall–Kier alpha value is -3.31. The first kappa shape index (κ1) is 23.4. The topological polar surface area (TPSA) is 96.3 Å². The molecule has 0 radical (unpaired) electrons. The van der Waals surface area contributed by atoms with E-state index in [4.69, 9.17) is 27.4 Å². The van der Waals surface area contributed by atoms with Gasteiger partial charge in [-0.05, 0) is 55.0 Å². The van der Waals surface area contributed by atoms with E-state index in [9.17, 15) is 18.5 Å². The summed E-state index contributed by atoms with van der Waals surface area (Å²) < 4.78 is 29.9. The maximum atomic E-state index is 12.4. The maximum absolute atomic E-state index is 12.4. The largest absolute Gasteiger partial charge is 0.379 e. The predicted octanol–water partition coefficient (Wildman–Crippen LogP) is 5.62. The number of hydrogen-bond acceptors (Lipinski definition) is 5. The van der Waals surface area contributed by atoms with Crippen molar-refractivity contribution in [3.8, 4) is 11.8 Å². The normalized spacial score (nSPS) is 11.5. The molecule has 3 aromatic rings. The van der Waals surface area contributed by atoms with E-state index < -0.39 is 16.0 Å². The maximum Gasteiger partial charge on any atom is 0.339 e. The fourth-order valence-electron chi connectivity index (χ4n) is 2.60. The average molecular weight is 487 g/mol. The minimum absolute atomic E-state index is 0.0372. The van der Waals surface area contributed by atoms with Crippen molar-refractivity contribution in [1.29, 1.82) is 5.26 Å². The highest BCUT2D eigenvalue weighted by Gasteiger charge is 2.17. The van der Waals surface area contributed by atoms with Gasteiger partial charge in [0.05, 0.1) is 15.7 Å². The molecule has 0 saturated carbocycles. The minimum Gasteiger partial charge on any atom is -0.379 e. The molecule has 9 heteroatoms. The Morgan fingerprint density at radius 1 is 1.03 bits per heavy atom. The van der Waals surface area contributed by atoms with Gasteiger partial charge in [0.15, 0.2) is 0 Å². The molecule has 3 aromatic carbocycles. The van der Waals surface area contributed by atoms with Crippen LogP contribution in [0, 0.1) is 18.3 Å². The highest BCUT2D eigenvalue weighted by Crippen LogP contribution is 2.30. The van der Waals surface area contributed by atoms with Gasteiger partial charge in [0.2, 0.25) is 0 Å². The number of nitrogens with zero attached hydrogens (tertiary/aromatic N) is 1. The van der Waals surface area contributed by atoms with Gasteiger partial charge in [-0.25, -0.2) is 0 Å². The number of carbonyl (C=O) groups is 1. The van der Waals surface area contributed by atoms with E-state index >= 15 is 0 Å². The van der Waals surface area contributed by atoms with E-state index in [0.29, 0.717) is 5.56 Å². The lowest BCUT2D eigenvalue weighted by molar-refractivity contribution is -0.112. The van der Waals surface area contributed by atoms with Crippen molar-refractivity contribution < 1.29 is 17.4 Å². The Bertz CT molecular complexity index is 1330. The van der Waals surface area contributed by atoms with E-state index in [2.05, 4.69) is 5.32 Å². The summed E-state index contributed by atoms with van der Waals surface area (Å²) in [4.78, 5) is 12.5. The van der Waals surface area contributed by atoms with Gasteiger partial charge in [0, 0.05) is 0 Å². The summed E-state index contributed by atoms with van der Waals surface area (Å²) in [6, 6.07) is 18.8. The van der Waals surface area contributed by atoms with E-state index in [0.717, 1.165) is 5.56 Å². The third kappa shape index (κ3) is 5.68. The first-order valence-electron chi connectivity index (χ1n) is 9.18. The number of nitriles is 1. The van der Waals surface area contributed by atoms with Crippen LogP contribution in [0.5, 0.6) is 5.75 Å². The Balaban J connectivity index is 1.75. The van der Waals surface area contributed by atoms with Gasteiger partial charge in [-0.15, -0.1) is 0 Å². The molecule has 0 saturated heterocycles. The second kappa shape index (κ2) is 9.88. The third-order valence-electron chi connectivity index (χ3n) is 4.27. The quantitative estimate of drug-likeness (QED) is 0.277. The summed E-state index contributed by atoms with van der Waals surface area (Å²) in [6.45, 7) is 1.85. The lowest BCUT2D eigenvalue weighted by Crippen LogP contribution is -2.13. The van der Waals surface area contributed by atoms with E-state index in [1.165, 1.54) is 42.5 Å². The average Bonchev–Trinajstić information content (AvgIpc) is 2.76. The van der Waals surface area contributed by atoms with Gasteiger partial charge < -0.3 is 9.50 Å². The summed E-state index contributed by atoms with van der Waals surface area (Å²) in [5.74, 6) is -0.574. The molecular formula is C23H16Cl2N2O4S. The first-order valence-corrected chi connectivity index (χ1v) is 11.3. The molecular weight excluding hydrogens is 471 g/mol. The van der Waals surface area contributed by atoms with Gasteiger partial charge in [0.25, 0.3) is 5.91 Å². The molecule has 1 amide bonds. The van der Waals surface area contributed by atoms with Crippen LogP contribution in [0.3, 0.4) is 0 Å². The van der Waals surface area contributed by atoms with Crippen molar-refractivity contribution in [2.75, 3.05) is 5.32 Å². The highest BCUT2D eigenvalue weighted by molar-refractivity contribution is 7.87. The van der Waals surface area contributed by atoms with Gasteiger partial charge in [0.1, 0.15) is 22.3 Å². The standard InChI is InChI=1S/C23H16Cl2N2O4S/c1-15-5-11-19(12-6-15)32(29,30)31-18-9-7-16(8-10-18)13-17(14-26)23(28)27-21-4-2-3-20(24)22(21)25/h2-13H,1H3,(H,27,28)/b17-13+. The van der Waals surface area contributed by atoms with Crippen molar-refractivity contribution >= 4 is 51.0 Å². The molecule has 0 aliphatic rings. The second-order valence-electron chi connectivity index (χ2n) is 6.64. The molecule has 32 heavy (non-hydrogen) atoms. The monoisotopic (exact) mass is 486 g/mol. The van der Waals surface area contributed by atoms with Crippen molar-refractivity contribution in [1.82, 2.24) is 0 Å². The fourth-order valence-corrected chi connectivity index (χ4v) is 3.88. The van der Waals surface area contributed by atoms with Gasteiger partial charge in [-0.3, -0.25) is 4.79 Å². The molecule has 0 heterocycles. The zero-order valence-electron chi connectivity index (χ0n) is 16.7. The molecule has 1 N–H and O–H groups in total. The van der Waals surface area contributed by atoms with Crippen LogP contribution in [-0.4, -0.2) is 14.3 Å². The van der Waals surface area contributed by atoms with Crippen molar-refractivity contribution in [2.45, 2.75) is 11.8 Å². The zero-order valence-corrected chi connectivity index (χ0v) is 19.0. The van der Waals surface area contributed by atoms with E-state index in [1.807, 2.05) is 13.0 Å². The summed E-state index contributed by atoms with van der Waals surface area (Å²) in [7, 11) is -3.98. The summed E-state index contributed by atoms with van der Waals surface area (Å²) in [6.07, 6.45) is 1.35. The number of nitrogens with one attached hydrogen (secondary N) is 1. The molecule has 0 aliphatic carbocycles. The van der Waals surface area contributed by atoms with Crippen LogP contribution in [0.25, 0.3) is 6.08 Å². The van der Waals surface area contributed by atoms with Crippen molar-refractivity contribution in [2.24, 2.45) is 0 Å². The fraction of sp³-hybridized carbons (Fsp3) is 0.0435. The molecule has 0 unspecified atom stereocenters. The lowest BCUT2D eigenvalue weighted by atomic mass is 10.1. The number of carbonyl (C=O) groups excluding carboxylic acids is 1. The summed E-state index contributed by atoms with van der Waals surface area (Å²) in [5, 5.41) is 12.3. The van der Waals surface area contributed by atoms with Gasteiger partial charge in [-0.2, -0.15) is 13.7 Å². The number of halogens is 2. The molecule has 0 atom stereocenters. The van der Waals surface area contributed by atoms with Crippen LogP contribution >= 0.6 is 23.2 Å². The molecule has 3 rings (SSSR count). The minimum atomic E-state index is -3.98. The van der Waals surface area contributed by atoms with Crippen LogP contribution in [0.1, 0.15) is 11.1 Å². The Labute approximate surface area is 195 Å². The third-order valence-corrected chi connectivity index (χ3v) is 6.35. The molecule has 0 aromatic heterocycles. The zero-order chi connectivity index (χ0) is 23.3. The smallest absolute Gasteiger partial charge is 0.339 e. The van der Waals surface area contributed by atoms with E-state index in [1.54, 1.807) is 30.3 Å². The molecule has 162 valence electrons. The van der Waals surface area contributed by atoms with Crippen LogP contribution in [0.15, 0.2) is 77.2 Å². The lowest BCUT2D eigenvalue weighted by Gasteiger charge is -2.08. The Morgan fingerprint density at radius 2 is 1.69 bits per heavy atom. The second-order valence-corrected chi connectivity index (χ2v) is 8.98. The molecule has 6 nitrogen and oxygen atoms in total. The van der Waals surface area contributed by atoms with Crippen LogP contribution < -0.4 is 9.50 Å². The Kier molecular flexibility index (Phi) is 7.21.